The molecule has 0 aliphatic heterocycles. The highest BCUT2D eigenvalue weighted by atomic mass is 79.9. The molecule has 12 heavy (non-hydrogen) atoms. The van der Waals surface area contributed by atoms with Crippen LogP contribution in [0.25, 0.3) is 0 Å². The summed E-state index contributed by atoms with van der Waals surface area (Å²) in [6.45, 7) is 0. The van der Waals surface area contributed by atoms with Gasteiger partial charge in [0.1, 0.15) is 0 Å². The molecule has 64 valence electrons. The summed E-state index contributed by atoms with van der Waals surface area (Å²) in [5.74, 6) is 5.36. The van der Waals surface area contributed by atoms with E-state index in [1.807, 2.05) is 18.2 Å². The van der Waals surface area contributed by atoms with Gasteiger partial charge in [0.2, 0.25) is 0 Å². The number of hydrogen-bond acceptors (Lipinski definition) is 2. The van der Waals surface area contributed by atoms with Crippen molar-refractivity contribution in [1.82, 2.24) is 0 Å². The molecule has 4 N–H and O–H groups in total. The first-order valence-corrected chi connectivity index (χ1v) is 4.72. The van der Waals surface area contributed by atoms with Gasteiger partial charge in [-0.05, 0) is 18.2 Å². The standard InChI is InChI=1S/C7H7Br2N3/c8-4-1-2-6(9)5(3-4)7(10)12-11/h1-3H,11H2,(H2,10,12). The van der Waals surface area contributed by atoms with Crippen LogP contribution in [0, 0.1) is 0 Å². The van der Waals surface area contributed by atoms with Gasteiger partial charge >= 0.3 is 0 Å². The summed E-state index contributed by atoms with van der Waals surface area (Å²) in [6, 6.07) is 5.62. The van der Waals surface area contributed by atoms with Crippen LogP contribution in [0.2, 0.25) is 0 Å². The van der Waals surface area contributed by atoms with Crippen LogP contribution in [0.1, 0.15) is 5.56 Å². The number of halogens is 2. The molecule has 0 unspecified atom stereocenters. The van der Waals surface area contributed by atoms with E-state index in [1.165, 1.54) is 0 Å². The van der Waals surface area contributed by atoms with Crippen LogP contribution >= 0.6 is 31.9 Å². The third kappa shape index (κ3) is 1.98. The number of hydrazone groups is 1. The molecule has 0 amide bonds. The number of benzene rings is 1. The number of rotatable bonds is 1. The topological polar surface area (TPSA) is 64.4 Å². The van der Waals surface area contributed by atoms with E-state index in [9.17, 15) is 0 Å². The lowest BCUT2D eigenvalue weighted by molar-refractivity contribution is 1.23. The van der Waals surface area contributed by atoms with Crippen molar-refractivity contribution < 1.29 is 0 Å². The maximum absolute atomic E-state index is 5.54. The molecule has 1 aromatic rings. The minimum atomic E-state index is 0.308. The van der Waals surface area contributed by atoms with E-state index in [1.54, 1.807) is 0 Å². The second-order valence-corrected chi connectivity index (χ2v) is 3.91. The van der Waals surface area contributed by atoms with Crippen molar-refractivity contribution in [3.05, 3.63) is 32.7 Å². The molecule has 1 aromatic carbocycles. The fourth-order valence-corrected chi connectivity index (χ4v) is 1.57. The number of nitrogens with zero attached hydrogens (tertiary/aromatic N) is 1. The van der Waals surface area contributed by atoms with Crippen molar-refractivity contribution in [3.63, 3.8) is 0 Å². The molecule has 0 aliphatic carbocycles. The molecule has 0 saturated heterocycles. The molecular formula is C7H7Br2N3. The molecule has 0 aliphatic rings. The lowest BCUT2D eigenvalue weighted by Gasteiger charge is -2.02. The molecular weight excluding hydrogens is 286 g/mol. The first-order valence-electron chi connectivity index (χ1n) is 3.14. The van der Waals surface area contributed by atoms with Crippen molar-refractivity contribution in [2.24, 2.45) is 16.7 Å². The van der Waals surface area contributed by atoms with Gasteiger partial charge in [0.05, 0.1) is 0 Å². The van der Waals surface area contributed by atoms with Crippen LogP contribution in [0.3, 0.4) is 0 Å². The molecule has 1 rings (SSSR count). The first-order chi connectivity index (χ1) is 5.65. The van der Waals surface area contributed by atoms with E-state index in [-0.39, 0.29) is 0 Å². The largest absolute Gasteiger partial charge is 0.382 e. The quantitative estimate of drug-likeness (QED) is 0.359. The monoisotopic (exact) mass is 291 g/mol. The van der Waals surface area contributed by atoms with Crippen molar-refractivity contribution >= 4 is 37.7 Å². The smallest absolute Gasteiger partial charge is 0.151 e. The third-order valence-electron chi connectivity index (χ3n) is 1.34. The van der Waals surface area contributed by atoms with Crippen LogP contribution in [0.15, 0.2) is 32.2 Å². The average molecular weight is 293 g/mol. The number of amidine groups is 1. The van der Waals surface area contributed by atoms with Crippen molar-refractivity contribution in [1.29, 1.82) is 0 Å². The molecule has 0 fully saturated rings. The summed E-state index contributed by atoms with van der Waals surface area (Å²) < 4.78 is 1.81. The number of hydrogen-bond donors (Lipinski definition) is 2. The lowest BCUT2D eigenvalue weighted by Crippen LogP contribution is -2.16. The SMILES string of the molecule is N/N=C(/N)c1cc(Br)ccc1Br. The summed E-state index contributed by atoms with van der Waals surface area (Å²) in [5, 5.41) is 3.40. The molecule has 0 heterocycles. The zero-order chi connectivity index (χ0) is 9.14. The first kappa shape index (κ1) is 9.54. The molecule has 3 nitrogen and oxygen atoms in total. The Labute approximate surface area is 87.1 Å². The summed E-state index contributed by atoms with van der Waals surface area (Å²) >= 11 is 6.66. The lowest BCUT2D eigenvalue weighted by atomic mass is 10.2. The Morgan fingerprint density at radius 3 is 2.58 bits per heavy atom. The van der Waals surface area contributed by atoms with E-state index in [0.29, 0.717) is 5.84 Å². The Morgan fingerprint density at radius 1 is 1.33 bits per heavy atom. The highest BCUT2D eigenvalue weighted by molar-refractivity contribution is 9.11. The van der Waals surface area contributed by atoms with E-state index in [0.717, 1.165) is 14.5 Å². The average Bonchev–Trinajstić information content (AvgIpc) is 2.08. The van der Waals surface area contributed by atoms with Crippen LogP contribution in [0.5, 0.6) is 0 Å². The van der Waals surface area contributed by atoms with Gasteiger partial charge in [-0.1, -0.05) is 31.9 Å². The molecule has 0 aromatic heterocycles. The minimum Gasteiger partial charge on any atom is -0.382 e. The normalized spacial score (nSPS) is 11.7. The van der Waals surface area contributed by atoms with Gasteiger partial charge in [-0.15, -0.1) is 0 Å². The summed E-state index contributed by atoms with van der Waals surface area (Å²) in [6.07, 6.45) is 0. The predicted octanol–water partition coefficient (Wildman–Crippen LogP) is 1.79. The van der Waals surface area contributed by atoms with Gasteiger partial charge in [-0.3, -0.25) is 0 Å². The van der Waals surface area contributed by atoms with Gasteiger partial charge in [-0.25, -0.2) is 0 Å². The van der Waals surface area contributed by atoms with Gasteiger partial charge in [0.25, 0.3) is 0 Å². The van der Waals surface area contributed by atoms with E-state index in [4.69, 9.17) is 11.6 Å². The second kappa shape index (κ2) is 3.91. The minimum absolute atomic E-state index is 0.308. The maximum atomic E-state index is 5.54. The second-order valence-electron chi connectivity index (χ2n) is 2.14. The van der Waals surface area contributed by atoms with Gasteiger partial charge in [0, 0.05) is 14.5 Å². The Bertz CT molecular complexity index is 322. The number of nitrogens with two attached hydrogens (primary N) is 2. The van der Waals surface area contributed by atoms with Crippen LogP contribution in [0.4, 0.5) is 0 Å². The summed E-state index contributed by atoms with van der Waals surface area (Å²) in [4.78, 5) is 0. The van der Waals surface area contributed by atoms with Crippen LogP contribution in [-0.2, 0) is 0 Å². The Kier molecular flexibility index (Phi) is 3.11. The van der Waals surface area contributed by atoms with Crippen molar-refractivity contribution in [2.75, 3.05) is 0 Å². The predicted molar refractivity (Wildman–Crippen MR) is 56.8 cm³/mol. The van der Waals surface area contributed by atoms with Crippen molar-refractivity contribution in [2.45, 2.75) is 0 Å². The fourth-order valence-electron chi connectivity index (χ4n) is 0.763. The van der Waals surface area contributed by atoms with Gasteiger partial charge in [0.15, 0.2) is 5.84 Å². The molecule has 0 saturated carbocycles. The Morgan fingerprint density at radius 2 is 2.00 bits per heavy atom. The molecule has 0 radical (unpaired) electrons. The zero-order valence-corrected chi connectivity index (χ0v) is 9.26. The van der Waals surface area contributed by atoms with E-state index in [2.05, 4.69) is 37.0 Å². The van der Waals surface area contributed by atoms with Crippen LogP contribution < -0.4 is 11.6 Å². The highest BCUT2D eigenvalue weighted by Gasteiger charge is 2.03. The summed E-state index contributed by atoms with van der Waals surface area (Å²) in [5.41, 5.74) is 6.32. The molecule has 0 bridgehead atoms. The molecule has 5 heteroatoms. The van der Waals surface area contributed by atoms with E-state index < -0.39 is 0 Å². The molecule has 0 atom stereocenters. The maximum Gasteiger partial charge on any atom is 0.151 e. The Hall–Kier alpha value is -0.550. The van der Waals surface area contributed by atoms with Gasteiger partial charge < -0.3 is 11.6 Å². The molecule has 0 spiro atoms. The van der Waals surface area contributed by atoms with E-state index >= 15 is 0 Å². The fraction of sp³-hybridized carbons (Fsp3) is 0. The zero-order valence-electron chi connectivity index (χ0n) is 6.09. The third-order valence-corrected chi connectivity index (χ3v) is 2.53. The van der Waals surface area contributed by atoms with Crippen molar-refractivity contribution in [3.8, 4) is 0 Å². The summed E-state index contributed by atoms with van der Waals surface area (Å²) in [7, 11) is 0. The Balaban J connectivity index is 3.23. The van der Waals surface area contributed by atoms with Gasteiger partial charge in [-0.2, -0.15) is 5.10 Å². The highest BCUT2D eigenvalue weighted by Crippen LogP contribution is 2.20. The van der Waals surface area contributed by atoms with Crippen LogP contribution in [-0.4, -0.2) is 5.84 Å².